The third kappa shape index (κ3) is 5.40. The van der Waals surface area contributed by atoms with Gasteiger partial charge in [-0.25, -0.2) is 17.6 Å². The number of carbonyl (C=O) groups is 2. The highest BCUT2D eigenvalue weighted by Gasteiger charge is 2.30. The van der Waals surface area contributed by atoms with Crippen LogP contribution in [0.1, 0.15) is 47.1 Å². The molecule has 1 saturated heterocycles. The van der Waals surface area contributed by atoms with Crippen molar-refractivity contribution in [2.24, 2.45) is 0 Å². The first kappa shape index (κ1) is 24.0. The molecular weight excluding hydrogens is 437 g/mol. The molecule has 1 heterocycles. The Morgan fingerprint density at radius 1 is 1.03 bits per heavy atom. The number of ether oxygens (including phenoxy) is 2. The van der Waals surface area contributed by atoms with Crippen LogP contribution in [0, 0.1) is 5.82 Å². The van der Waals surface area contributed by atoms with Crippen LogP contribution in [0.4, 0.5) is 4.39 Å². The third-order valence-electron chi connectivity index (χ3n) is 5.16. The van der Waals surface area contributed by atoms with Gasteiger partial charge in [0.05, 0.1) is 18.8 Å². The summed E-state index contributed by atoms with van der Waals surface area (Å²) in [5.74, 6) is -2.28. The van der Waals surface area contributed by atoms with Gasteiger partial charge in [0.1, 0.15) is 10.7 Å². The lowest BCUT2D eigenvalue weighted by Gasteiger charge is -2.26. The fourth-order valence-corrected chi connectivity index (χ4v) is 4.71. The second kappa shape index (κ2) is 9.48. The Bertz CT molecular complexity index is 1100. The Balaban J connectivity index is 1.70. The van der Waals surface area contributed by atoms with Crippen molar-refractivity contribution in [3.63, 3.8) is 0 Å². The van der Waals surface area contributed by atoms with Crippen molar-refractivity contribution in [1.29, 1.82) is 0 Å². The van der Waals surface area contributed by atoms with E-state index in [4.69, 9.17) is 9.47 Å². The number of hydrogen-bond acceptors (Lipinski definition) is 6. The van der Waals surface area contributed by atoms with E-state index in [-0.39, 0.29) is 37.3 Å². The van der Waals surface area contributed by atoms with Gasteiger partial charge >= 0.3 is 5.97 Å². The van der Waals surface area contributed by atoms with Crippen molar-refractivity contribution >= 4 is 21.8 Å². The number of carbonyl (C=O) groups excluding carboxylic acids is 2. The van der Waals surface area contributed by atoms with E-state index < -0.39 is 39.1 Å². The van der Waals surface area contributed by atoms with Crippen molar-refractivity contribution < 1.29 is 31.9 Å². The summed E-state index contributed by atoms with van der Waals surface area (Å²) in [5, 5.41) is 0. The van der Waals surface area contributed by atoms with Crippen LogP contribution >= 0.6 is 0 Å². The molecule has 32 heavy (non-hydrogen) atoms. The Kier molecular flexibility index (Phi) is 7.12. The summed E-state index contributed by atoms with van der Waals surface area (Å²) in [7, 11) is -4.14. The fraction of sp³-hybridized carbons (Fsp3) is 0.391. The third-order valence-corrected chi connectivity index (χ3v) is 7.08. The zero-order valence-electron chi connectivity index (χ0n) is 18.3. The molecule has 1 fully saturated rings. The van der Waals surface area contributed by atoms with Crippen LogP contribution in [0.15, 0.2) is 47.4 Å². The molecule has 172 valence electrons. The maximum Gasteiger partial charge on any atom is 0.338 e. The molecule has 9 heteroatoms. The number of sulfonamides is 1. The molecular formula is C23H26FNO6S. The highest BCUT2D eigenvalue weighted by molar-refractivity contribution is 7.89. The van der Waals surface area contributed by atoms with Crippen molar-refractivity contribution in [2.45, 2.75) is 31.1 Å². The topological polar surface area (TPSA) is 90.0 Å². The minimum Gasteiger partial charge on any atom is -0.454 e. The van der Waals surface area contributed by atoms with Gasteiger partial charge in [0, 0.05) is 18.7 Å². The van der Waals surface area contributed by atoms with Gasteiger partial charge in [-0.1, -0.05) is 45.0 Å². The predicted octanol–water partition coefficient (Wildman–Crippen LogP) is 3.18. The number of ketones is 1. The normalized spacial score (nSPS) is 15.4. The smallest absolute Gasteiger partial charge is 0.338 e. The molecule has 2 aromatic rings. The summed E-state index contributed by atoms with van der Waals surface area (Å²) < 4.78 is 51.1. The van der Waals surface area contributed by atoms with Crippen LogP contribution in [0.5, 0.6) is 0 Å². The molecule has 0 unspecified atom stereocenters. The van der Waals surface area contributed by atoms with E-state index in [2.05, 4.69) is 20.8 Å². The van der Waals surface area contributed by atoms with Crippen LogP contribution in [0.2, 0.25) is 0 Å². The van der Waals surface area contributed by atoms with Gasteiger partial charge < -0.3 is 9.47 Å². The van der Waals surface area contributed by atoms with E-state index in [1.807, 2.05) is 12.1 Å². The zero-order valence-corrected chi connectivity index (χ0v) is 19.1. The average Bonchev–Trinajstić information content (AvgIpc) is 2.77. The summed E-state index contributed by atoms with van der Waals surface area (Å²) in [6.45, 7) is 6.27. The quantitative estimate of drug-likeness (QED) is 0.483. The van der Waals surface area contributed by atoms with Gasteiger partial charge in [-0.15, -0.1) is 0 Å². The highest BCUT2D eigenvalue weighted by Crippen LogP contribution is 2.23. The SMILES string of the molecule is CC(C)(C)c1ccc(C(=O)COC(=O)c2ccc(F)c(S(=O)(=O)N3CCOCC3)c2)cc1. The lowest BCUT2D eigenvalue weighted by Crippen LogP contribution is -2.41. The minimum atomic E-state index is -4.14. The minimum absolute atomic E-state index is 0.0596. The highest BCUT2D eigenvalue weighted by atomic mass is 32.2. The number of hydrogen-bond donors (Lipinski definition) is 0. The van der Waals surface area contributed by atoms with Crippen molar-refractivity contribution in [2.75, 3.05) is 32.9 Å². The van der Waals surface area contributed by atoms with E-state index in [9.17, 15) is 22.4 Å². The number of Topliss-reactive ketones (excluding diaryl/α,β-unsaturated/α-hetero) is 1. The Morgan fingerprint density at radius 3 is 2.22 bits per heavy atom. The fourth-order valence-electron chi connectivity index (χ4n) is 3.21. The molecule has 0 amide bonds. The second-order valence-corrected chi connectivity index (χ2v) is 10.4. The summed E-state index contributed by atoms with van der Waals surface area (Å²) in [4.78, 5) is 24.2. The first-order valence-corrected chi connectivity index (χ1v) is 11.6. The van der Waals surface area contributed by atoms with Gasteiger partial charge in [-0.2, -0.15) is 4.31 Å². The standard InChI is InChI=1S/C23H26FNO6S/c1-23(2,3)18-7-4-16(5-8-18)20(26)15-31-22(27)17-6-9-19(24)21(14-17)32(28,29)25-10-12-30-13-11-25/h4-9,14H,10-13,15H2,1-3H3. The molecule has 0 bridgehead atoms. The van der Waals surface area contributed by atoms with E-state index in [1.54, 1.807) is 12.1 Å². The molecule has 1 aliphatic rings. The van der Waals surface area contributed by atoms with Gasteiger partial charge in [-0.05, 0) is 29.2 Å². The molecule has 0 atom stereocenters. The van der Waals surface area contributed by atoms with Crippen molar-refractivity contribution in [1.82, 2.24) is 4.31 Å². The molecule has 0 radical (unpaired) electrons. The van der Waals surface area contributed by atoms with Crippen LogP contribution in [0.25, 0.3) is 0 Å². The molecule has 2 aromatic carbocycles. The van der Waals surface area contributed by atoms with Crippen LogP contribution in [-0.2, 0) is 24.9 Å². The first-order valence-electron chi connectivity index (χ1n) is 10.2. The molecule has 0 aliphatic carbocycles. The maximum absolute atomic E-state index is 14.3. The average molecular weight is 464 g/mol. The molecule has 7 nitrogen and oxygen atoms in total. The first-order chi connectivity index (χ1) is 15.0. The van der Waals surface area contributed by atoms with Gasteiger partial charge in [0.15, 0.2) is 12.4 Å². The number of nitrogens with zero attached hydrogens (tertiary/aromatic N) is 1. The molecule has 0 N–H and O–H groups in total. The number of halogens is 1. The predicted molar refractivity (Wildman–Crippen MR) is 116 cm³/mol. The van der Waals surface area contributed by atoms with Crippen LogP contribution in [-0.4, -0.2) is 57.4 Å². The van der Waals surface area contributed by atoms with E-state index >= 15 is 0 Å². The molecule has 1 aliphatic heterocycles. The molecule has 3 rings (SSSR count). The Hall–Kier alpha value is -2.62. The van der Waals surface area contributed by atoms with E-state index in [0.717, 1.165) is 28.1 Å². The Labute approximate surface area is 187 Å². The number of rotatable bonds is 6. The summed E-state index contributed by atoms with van der Waals surface area (Å²) >= 11 is 0. The summed E-state index contributed by atoms with van der Waals surface area (Å²) in [6, 6.07) is 9.99. The monoisotopic (exact) mass is 463 g/mol. The van der Waals surface area contributed by atoms with Crippen LogP contribution < -0.4 is 0 Å². The van der Waals surface area contributed by atoms with Gasteiger partial charge in [0.25, 0.3) is 0 Å². The second-order valence-electron chi connectivity index (χ2n) is 8.49. The van der Waals surface area contributed by atoms with Crippen molar-refractivity contribution in [3.8, 4) is 0 Å². The Morgan fingerprint density at radius 2 is 1.62 bits per heavy atom. The number of esters is 1. The van der Waals surface area contributed by atoms with E-state index in [1.165, 1.54) is 0 Å². The lowest BCUT2D eigenvalue weighted by atomic mass is 9.86. The maximum atomic E-state index is 14.3. The molecule has 0 saturated carbocycles. The molecule has 0 spiro atoms. The van der Waals surface area contributed by atoms with Gasteiger partial charge in [-0.3, -0.25) is 4.79 Å². The van der Waals surface area contributed by atoms with Gasteiger partial charge in [0.2, 0.25) is 10.0 Å². The van der Waals surface area contributed by atoms with E-state index in [0.29, 0.717) is 5.56 Å². The van der Waals surface area contributed by atoms with Crippen molar-refractivity contribution in [3.05, 3.63) is 65.0 Å². The largest absolute Gasteiger partial charge is 0.454 e. The zero-order chi connectivity index (χ0) is 23.5. The summed E-state index contributed by atoms with van der Waals surface area (Å²) in [5.41, 5.74) is 1.23. The lowest BCUT2D eigenvalue weighted by molar-refractivity contribution is 0.0474. The number of benzene rings is 2. The van der Waals surface area contributed by atoms with Crippen LogP contribution in [0.3, 0.4) is 0 Å². The number of morpholine rings is 1. The molecule has 0 aromatic heterocycles. The summed E-state index contributed by atoms with van der Waals surface area (Å²) in [6.07, 6.45) is 0.